The van der Waals surface area contributed by atoms with E-state index < -0.39 is 17.5 Å². The number of nitrogens with zero attached hydrogens (tertiary/aromatic N) is 2. The molecule has 0 aliphatic rings. The highest BCUT2D eigenvalue weighted by Gasteiger charge is 2.18. The van der Waals surface area contributed by atoms with Gasteiger partial charge in [0, 0.05) is 0 Å². The molecule has 15 heavy (non-hydrogen) atoms. The number of hydrogen-bond donors (Lipinski definition) is 1. The van der Waals surface area contributed by atoms with Gasteiger partial charge < -0.3 is 10.3 Å². The summed E-state index contributed by atoms with van der Waals surface area (Å²) in [6.45, 7) is 0. The molecule has 2 rings (SSSR count). The Balaban J connectivity index is 2.59. The van der Waals surface area contributed by atoms with Crippen LogP contribution in [0.2, 0.25) is 0 Å². The highest BCUT2D eigenvalue weighted by molar-refractivity contribution is 5.56. The highest BCUT2D eigenvalue weighted by Crippen LogP contribution is 2.23. The van der Waals surface area contributed by atoms with Gasteiger partial charge in [0.2, 0.25) is 5.82 Å². The first kappa shape index (κ1) is 9.50. The maximum absolute atomic E-state index is 13.2. The van der Waals surface area contributed by atoms with Gasteiger partial charge in [0.1, 0.15) is 0 Å². The quantitative estimate of drug-likeness (QED) is 0.736. The van der Waals surface area contributed by atoms with E-state index >= 15 is 0 Å². The normalized spacial score (nSPS) is 10.6. The van der Waals surface area contributed by atoms with Gasteiger partial charge in [-0.15, -0.1) is 0 Å². The molecule has 7 heteroatoms. The van der Waals surface area contributed by atoms with Crippen molar-refractivity contribution in [1.82, 2.24) is 10.1 Å². The van der Waals surface area contributed by atoms with Crippen molar-refractivity contribution in [2.45, 2.75) is 0 Å². The monoisotopic (exact) mass is 215 g/mol. The lowest BCUT2D eigenvalue weighted by Crippen LogP contribution is -1.95. The largest absolute Gasteiger partial charge is 0.351 e. The lowest BCUT2D eigenvalue weighted by molar-refractivity contribution is 0.433. The maximum Gasteiger partial charge on any atom is 0.319 e. The summed E-state index contributed by atoms with van der Waals surface area (Å²) in [6, 6.07) is 1.48. The Hall–Kier alpha value is -2.05. The standard InChI is InChI=1S/C8H4F3N3O/c9-4-2-1-3(5(10)6(4)11)7-13-8(12)15-14-7/h1-2H,(H2,12,13,14). The molecule has 0 bridgehead atoms. The molecule has 78 valence electrons. The summed E-state index contributed by atoms with van der Waals surface area (Å²) in [5, 5.41) is 3.28. The molecule has 1 aromatic carbocycles. The lowest BCUT2D eigenvalue weighted by Gasteiger charge is -1.98. The summed E-state index contributed by atoms with van der Waals surface area (Å²) >= 11 is 0. The first-order valence-corrected chi connectivity index (χ1v) is 3.82. The van der Waals surface area contributed by atoms with Gasteiger partial charge in [-0.25, -0.2) is 13.2 Å². The third kappa shape index (κ3) is 1.51. The molecular weight excluding hydrogens is 211 g/mol. The molecule has 4 nitrogen and oxygen atoms in total. The Bertz CT molecular complexity index is 512. The van der Waals surface area contributed by atoms with Crippen molar-refractivity contribution < 1.29 is 17.7 Å². The molecule has 0 aliphatic carbocycles. The van der Waals surface area contributed by atoms with Crippen LogP contribution in [0.3, 0.4) is 0 Å². The van der Waals surface area contributed by atoms with Crippen molar-refractivity contribution >= 4 is 6.01 Å². The Kier molecular flexibility index (Phi) is 2.07. The van der Waals surface area contributed by atoms with Crippen LogP contribution >= 0.6 is 0 Å². The van der Waals surface area contributed by atoms with E-state index in [9.17, 15) is 13.2 Å². The number of hydrogen-bond acceptors (Lipinski definition) is 4. The van der Waals surface area contributed by atoms with Crippen molar-refractivity contribution in [2.24, 2.45) is 0 Å². The van der Waals surface area contributed by atoms with Crippen LogP contribution in [-0.4, -0.2) is 10.1 Å². The lowest BCUT2D eigenvalue weighted by atomic mass is 10.2. The van der Waals surface area contributed by atoms with Gasteiger partial charge >= 0.3 is 6.01 Å². The third-order valence-corrected chi connectivity index (χ3v) is 1.72. The van der Waals surface area contributed by atoms with E-state index in [0.717, 1.165) is 12.1 Å². The maximum atomic E-state index is 13.2. The van der Waals surface area contributed by atoms with E-state index in [1.807, 2.05) is 0 Å². The van der Waals surface area contributed by atoms with E-state index in [2.05, 4.69) is 14.7 Å². The van der Waals surface area contributed by atoms with Crippen LogP contribution in [0.4, 0.5) is 19.2 Å². The van der Waals surface area contributed by atoms with E-state index in [-0.39, 0.29) is 17.4 Å². The summed E-state index contributed by atoms with van der Waals surface area (Å²) in [6.07, 6.45) is 0. The summed E-state index contributed by atoms with van der Waals surface area (Å²) in [5.74, 6) is -4.48. The topological polar surface area (TPSA) is 64.9 Å². The van der Waals surface area contributed by atoms with Crippen molar-refractivity contribution in [3.05, 3.63) is 29.6 Å². The number of nitrogen functional groups attached to an aromatic ring is 1. The van der Waals surface area contributed by atoms with Crippen molar-refractivity contribution in [2.75, 3.05) is 5.73 Å². The van der Waals surface area contributed by atoms with Crippen LogP contribution in [0.15, 0.2) is 16.7 Å². The second-order valence-corrected chi connectivity index (χ2v) is 2.68. The molecule has 1 aromatic heterocycles. The minimum atomic E-state index is -1.59. The second-order valence-electron chi connectivity index (χ2n) is 2.68. The molecule has 0 radical (unpaired) electrons. The average molecular weight is 215 g/mol. The molecule has 2 aromatic rings. The first-order chi connectivity index (χ1) is 7.09. The number of anilines is 1. The Morgan fingerprint density at radius 3 is 2.47 bits per heavy atom. The predicted molar refractivity (Wildman–Crippen MR) is 44.0 cm³/mol. The molecule has 0 spiro atoms. The number of nitrogens with two attached hydrogens (primary N) is 1. The first-order valence-electron chi connectivity index (χ1n) is 3.82. The molecule has 0 atom stereocenters. The Morgan fingerprint density at radius 1 is 1.13 bits per heavy atom. The van der Waals surface area contributed by atoms with Gasteiger partial charge in [0.15, 0.2) is 17.5 Å². The van der Waals surface area contributed by atoms with Crippen LogP contribution in [0, 0.1) is 17.5 Å². The molecular formula is C8H4F3N3O. The predicted octanol–water partition coefficient (Wildman–Crippen LogP) is 1.74. The number of rotatable bonds is 1. The fourth-order valence-corrected chi connectivity index (χ4v) is 1.04. The van der Waals surface area contributed by atoms with E-state index in [0.29, 0.717) is 0 Å². The van der Waals surface area contributed by atoms with Crippen molar-refractivity contribution in [3.63, 3.8) is 0 Å². The summed E-state index contributed by atoms with van der Waals surface area (Å²) < 4.78 is 43.0. The third-order valence-electron chi connectivity index (χ3n) is 1.72. The SMILES string of the molecule is Nc1nc(-c2ccc(F)c(F)c2F)no1. The zero-order valence-corrected chi connectivity index (χ0v) is 7.17. The minimum absolute atomic E-state index is 0.232. The molecule has 0 aliphatic heterocycles. The van der Waals surface area contributed by atoms with E-state index in [4.69, 9.17) is 5.73 Å². The zero-order valence-electron chi connectivity index (χ0n) is 7.17. The van der Waals surface area contributed by atoms with Crippen molar-refractivity contribution in [3.8, 4) is 11.4 Å². The van der Waals surface area contributed by atoms with E-state index in [1.165, 1.54) is 0 Å². The zero-order chi connectivity index (χ0) is 11.0. The molecule has 1 heterocycles. The van der Waals surface area contributed by atoms with Gasteiger partial charge in [-0.3, -0.25) is 0 Å². The Labute approximate surface area is 81.5 Å². The molecule has 0 amide bonds. The minimum Gasteiger partial charge on any atom is -0.351 e. The molecule has 2 N–H and O–H groups in total. The summed E-state index contributed by atoms with van der Waals surface area (Å²) in [4.78, 5) is 3.48. The second kappa shape index (κ2) is 3.26. The molecule has 0 fully saturated rings. The van der Waals surface area contributed by atoms with Crippen molar-refractivity contribution in [1.29, 1.82) is 0 Å². The van der Waals surface area contributed by atoms with Gasteiger partial charge in [0.05, 0.1) is 5.56 Å². The smallest absolute Gasteiger partial charge is 0.319 e. The Morgan fingerprint density at radius 2 is 1.87 bits per heavy atom. The van der Waals surface area contributed by atoms with Crippen LogP contribution in [0.1, 0.15) is 0 Å². The number of benzene rings is 1. The fourth-order valence-electron chi connectivity index (χ4n) is 1.04. The van der Waals surface area contributed by atoms with Gasteiger partial charge in [-0.1, -0.05) is 5.16 Å². The van der Waals surface area contributed by atoms with Gasteiger partial charge in [-0.2, -0.15) is 4.98 Å². The van der Waals surface area contributed by atoms with Gasteiger partial charge in [0.25, 0.3) is 0 Å². The molecule has 0 saturated carbocycles. The molecule has 0 unspecified atom stereocenters. The number of aromatic nitrogens is 2. The van der Waals surface area contributed by atoms with Crippen LogP contribution < -0.4 is 5.73 Å². The summed E-state index contributed by atoms with van der Waals surface area (Å²) in [7, 11) is 0. The fraction of sp³-hybridized carbons (Fsp3) is 0. The number of halogens is 3. The molecule has 0 saturated heterocycles. The van der Waals surface area contributed by atoms with Crippen LogP contribution in [0.5, 0.6) is 0 Å². The van der Waals surface area contributed by atoms with Crippen LogP contribution in [0.25, 0.3) is 11.4 Å². The van der Waals surface area contributed by atoms with Gasteiger partial charge in [-0.05, 0) is 12.1 Å². The van der Waals surface area contributed by atoms with E-state index in [1.54, 1.807) is 0 Å². The highest BCUT2D eigenvalue weighted by atomic mass is 19.2. The van der Waals surface area contributed by atoms with Crippen LogP contribution in [-0.2, 0) is 0 Å². The average Bonchev–Trinajstić information content (AvgIpc) is 2.61. The summed E-state index contributed by atoms with van der Waals surface area (Å²) in [5.41, 5.74) is 4.79.